The number of carbonyl (C=O) groups excluding carboxylic acids is 1. The van der Waals surface area contributed by atoms with Gasteiger partial charge < -0.3 is 39.6 Å². The van der Waals surface area contributed by atoms with E-state index in [4.69, 9.17) is 38.5 Å². The van der Waals surface area contributed by atoms with Gasteiger partial charge in [-0.2, -0.15) is 0 Å². The summed E-state index contributed by atoms with van der Waals surface area (Å²) in [5, 5.41) is 20.9. The Hall–Kier alpha value is -3.40. The number of hydrogen-bond donors (Lipinski definition) is 4. The van der Waals surface area contributed by atoms with Gasteiger partial charge in [0.15, 0.2) is 23.6 Å². The highest BCUT2D eigenvalue weighted by atomic mass is 32.7. The van der Waals surface area contributed by atoms with Gasteiger partial charge in [-0.05, 0) is 13.8 Å². The predicted molar refractivity (Wildman–Crippen MR) is 161 cm³/mol. The molecular weight excluding hydrogens is 669 g/mol. The second-order valence-electron chi connectivity index (χ2n) is 10.6. The molecule has 0 aromatic carbocycles. The normalized spacial score (nSPS) is 27.3. The summed E-state index contributed by atoms with van der Waals surface area (Å²) >= 11 is 0.476. The van der Waals surface area contributed by atoms with Gasteiger partial charge in [-0.1, -0.05) is 0 Å². The highest BCUT2D eigenvalue weighted by Gasteiger charge is 2.51. The number of aromatic nitrogens is 6. The van der Waals surface area contributed by atoms with Gasteiger partial charge in [-0.25, -0.2) is 29.1 Å². The first-order valence-electron chi connectivity index (χ1n) is 14.2. The molecule has 0 bridgehead atoms. The number of nitrogens with zero attached hydrogens (tertiary/aromatic N) is 5. The Morgan fingerprint density at radius 3 is 2.70 bits per heavy atom. The van der Waals surface area contributed by atoms with Crippen molar-refractivity contribution in [2.75, 3.05) is 32.0 Å². The second kappa shape index (κ2) is 14.8. The van der Waals surface area contributed by atoms with Crippen molar-refractivity contribution in [1.29, 1.82) is 0 Å². The SMILES string of the molecule is COC1[C@@H](O[P@@](=O)(OC[C@H]2O[C@@H](n3cnc4c(N)ncnc43)C[C@H]2O)SCOC(=O)OC(C)C)[C@@H](CO)O[C@H]1n1ccc(=O)[nH]c1=O. The van der Waals surface area contributed by atoms with Crippen LogP contribution in [-0.2, 0) is 37.3 Å². The zero-order valence-electron chi connectivity index (χ0n) is 25.3. The predicted octanol–water partition coefficient (Wildman–Crippen LogP) is 0.274. The van der Waals surface area contributed by atoms with Crippen LogP contribution in [0.2, 0.25) is 0 Å². The van der Waals surface area contributed by atoms with Gasteiger partial charge in [0.05, 0.1) is 31.7 Å². The van der Waals surface area contributed by atoms with Crippen LogP contribution in [0.1, 0.15) is 32.7 Å². The first-order chi connectivity index (χ1) is 22.4. The molecule has 258 valence electrons. The fourth-order valence-electron chi connectivity index (χ4n) is 4.98. The number of nitrogens with two attached hydrogens (primary N) is 1. The number of ether oxygens (including phenoxy) is 5. The first-order valence-corrected chi connectivity index (χ1v) is 17.3. The third kappa shape index (κ3) is 7.85. The van der Waals surface area contributed by atoms with E-state index in [2.05, 4.69) is 19.9 Å². The van der Waals surface area contributed by atoms with Crippen LogP contribution in [0, 0.1) is 0 Å². The van der Waals surface area contributed by atoms with Gasteiger partial charge in [-0.15, -0.1) is 0 Å². The van der Waals surface area contributed by atoms with Crippen molar-refractivity contribution in [2.24, 2.45) is 0 Å². The van der Waals surface area contributed by atoms with Crippen molar-refractivity contribution in [1.82, 2.24) is 29.1 Å². The van der Waals surface area contributed by atoms with E-state index in [1.165, 1.54) is 26.0 Å². The maximum Gasteiger partial charge on any atom is 0.509 e. The van der Waals surface area contributed by atoms with Crippen molar-refractivity contribution in [2.45, 2.75) is 69.3 Å². The van der Waals surface area contributed by atoms with Gasteiger partial charge in [0, 0.05) is 37.2 Å². The minimum atomic E-state index is -4.38. The number of imidazole rings is 1. The molecular formula is C25H34N7O13PS. The smallest absolute Gasteiger partial charge is 0.432 e. The number of nitrogens with one attached hydrogen (secondary N) is 1. The van der Waals surface area contributed by atoms with E-state index in [0.717, 1.165) is 10.6 Å². The van der Waals surface area contributed by atoms with Crippen molar-refractivity contribution >= 4 is 41.3 Å². The lowest BCUT2D eigenvalue weighted by molar-refractivity contribution is -0.0625. The maximum absolute atomic E-state index is 14.2. The number of nitrogen functional groups attached to an aromatic ring is 1. The van der Waals surface area contributed by atoms with Crippen LogP contribution >= 0.6 is 18.2 Å². The number of rotatable bonds is 13. The molecule has 3 aromatic rings. The Morgan fingerprint density at radius 2 is 2.00 bits per heavy atom. The Balaban J connectivity index is 1.34. The van der Waals surface area contributed by atoms with Crippen molar-refractivity contribution in [3.05, 3.63) is 45.8 Å². The lowest BCUT2D eigenvalue weighted by Gasteiger charge is -2.28. The molecule has 0 radical (unpaired) electrons. The highest BCUT2D eigenvalue weighted by Crippen LogP contribution is 2.63. The Kier molecular flexibility index (Phi) is 11.0. The topological polar surface area (TPSA) is 264 Å². The minimum absolute atomic E-state index is 0.0935. The van der Waals surface area contributed by atoms with Crippen LogP contribution < -0.4 is 17.0 Å². The Labute approximate surface area is 269 Å². The number of carbonyl (C=O) groups is 1. The molecule has 47 heavy (non-hydrogen) atoms. The third-order valence-corrected chi connectivity index (χ3v) is 10.5. The number of anilines is 1. The molecule has 5 rings (SSSR count). The van der Waals surface area contributed by atoms with Gasteiger partial charge >= 0.3 is 18.6 Å². The van der Waals surface area contributed by atoms with Crippen molar-refractivity contribution in [3.63, 3.8) is 0 Å². The molecule has 2 fully saturated rings. The average molecular weight is 704 g/mol. The molecule has 1 unspecified atom stereocenters. The zero-order valence-corrected chi connectivity index (χ0v) is 27.0. The van der Waals surface area contributed by atoms with Crippen LogP contribution in [0.15, 0.2) is 34.5 Å². The van der Waals surface area contributed by atoms with Gasteiger partial charge in [-0.3, -0.25) is 28.0 Å². The summed E-state index contributed by atoms with van der Waals surface area (Å²) in [6.07, 6.45) is -5.23. The quantitative estimate of drug-likeness (QED) is 0.106. The zero-order chi connectivity index (χ0) is 33.9. The average Bonchev–Trinajstić information content (AvgIpc) is 3.71. The molecule has 20 nitrogen and oxygen atoms in total. The van der Waals surface area contributed by atoms with E-state index >= 15 is 0 Å². The maximum atomic E-state index is 14.2. The molecule has 22 heteroatoms. The summed E-state index contributed by atoms with van der Waals surface area (Å²) in [6.45, 7) is -2.26. The number of aromatic amines is 1. The molecule has 5 heterocycles. The summed E-state index contributed by atoms with van der Waals surface area (Å²) in [6, 6.07) is 1.09. The number of aliphatic hydroxyl groups is 2. The monoisotopic (exact) mass is 703 g/mol. The summed E-state index contributed by atoms with van der Waals surface area (Å²) in [5.74, 6) is -0.375. The lowest BCUT2D eigenvalue weighted by Crippen LogP contribution is -2.39. The van der Waals surface area contributed by atoms with Crippen LogP contribution in [0.5, 0.6) is 0 Å². The first kappa shape index (κ1) is 34.9. The lowest BCUT2D eigenvalue weighted by atomic mass is 10.1. The van der Waals surface area contributed by atoms with E-state index in [-0.39, 0.29) is 12.2 Å². The summed E-state index contributed by atoms with van der Waals surface area (Å²) < 4.78 is 55.8. The van der Waals surface area contributed by atoms with Crippen LogP contribution in [-0.4, -0.2) is 108 Å². The molecule has 3 aromatic heterocycles. The molecule has 0 amide bonds. The van der Waals surface area contributed by atoms with Crippen LogP contribution in [0.25, 0.3) is 11.2 Å². The fraction of sp³-hybridized carbons (Fsp3) is 0.600. The van der Waals surface area contributed by atoms with Gasteiger partial charge in [0.25, 0.3) is 5.56 Å². The van der Waals surface area contributed by atoms with E-state index in [1.807, 2.05) is 0 Å². The summed E-state index contributed by atoms with van der Waals surface area (Å²) in [5.41, 5.74) is 5.13. The molecule has 0 spiro atoms. The van der Waals surface area contributed by atoms with E-state index in [1.54, 1.807) is 18.4 Å². The van der Waals surface area contributed by atoms with Crippen LogP contribution in [0.3, 0.4) is 0 Å². The van der Waals surface area contributed by atoms with E-state index in [0.29, 0.717) is 22.5 Å². The van der Waals surface area contributed by atoms with Gasteiger partial charge in [0.1, 0.15) is 42.5 Å². The molecule has 0 aliphatic carbocycles. The number of H-pyrrole nitrogens is 1. The van der Waals surface area contributed by atoms with E-state index in [9.17, 15) is 29.2 Å². The third-order valence-electron chi connectivity index (χ3n) is 7.13. The Bertz CT molecular complexity index is 1720. The number of fused-ring (bicyclic) bond motifs is 1. The molecule has 5 N–H and O–H groups in total. The highest BCUT2D eigenvalue weighted by molar-refractivity contribution is 8.55. The molecule has 2 aliphatic heterocycles. The fourth-order valence-corrected chi connectivity index (χ4v) is 7.77. The summed E-state index contributed by atoms with van der Waals surface area (Å²) in [7, 11) is 1.28. The van der Waals surface area contributed by atoms with Crippen LogP contribution in [0.4, 0.5) is 10.6 Å². The Morgan fingerprint density at radius 1 is 1.21 bits per heavy atom. The molecule has 2 aliphatic rings. The molecule has 2 saturated heterocycles. The van der Waals surface area contributed by atoms with Crippen molar-refractivity contribution < 1.29 is 52.3 Å². The molecule has 0 saturated carbocycles. The molecule has 8 atom stereocenters. The van der Waals surface area contributed by atoms with E-state index < -0.39 is 92.4 Å². The number of methoxy groups -OCH3 is 1. The van der Waals surface area contributed by atoms with Crippen molar-refractivity contribution in [3.8, 4) is 0 Å². The number of aliphatic hydroxyl groups excluding tert-OH is 2. The second-order valence-corrected chi connectivity index (χ2v) is 14.6. The van der Waals surface area contributed by atoms with Gasteiger partial charge in [0.2, 0.25) is 0 Å². The summed E-state index contributed by atoms with van der Waals surface area (Å²) in [4.78, 5) is 50.5. The minimum Gasteiger partial charge on any atom is -0.432 e. The largest absolute Gasteiger partial charge is 0.509 e. The standard InChI is InChI=1S/C25H34N7O13PS/c1-12(2)42-25(37)40-11-47-46(38,45-19-14(7-33)44-23(20(19)39-3)31-5-4-16(35)30-24(31)36)41-8-15-13(34)6-17(43-15)32-10-29-18-21(26)27-9-28-22(18)32/h4-5,9-10,12-15,17,19-20,23,33-34H,6-8,11H2,1-3H3,(H2,26,27,28)(H,30,35,36)/t13-,14-,15-,17-,19+,20?,23-,46-/m1/s1. The number of hydrogen-bond acceptors (Lipinski definition) is 18.